The topological polar surface area (TPSA) is 99.1 Å². The predicted molar refractivity (Wildman–Crippen MR) is 257 cm³/mol. The Labute approximate surface area is 376 Å². The summed E-state index contributed by atoms with van der Waals surface area (Å²) in [6.45, 7) is 4.71. The molecular weight excluding hydrogens is 763 g/mol. The van der Waals surface area contributed by atoms with Crippen molar-refractivity contribution < 1.29 is 38.2 Å². The molecule has 2 unspecified atom stereocenters. The van der Waals surface area contributed by atoms with E-state index >= 15 is 0 Å². The number of allylic oxidation sites excluding steroid dienone is 8. The van der Waals surface area contributed by atoms with Gasteiger partial charge in [-0.25, -0.2) is 4.79 Å². The molecule has 0 heterocycles. The standard InChI is InChI=1S/C53H95NO7/c1-6-8-10-12-14-16-18-20-22-24-26-28-29-31-33-35-37-39-41-43-51(55)60-48-49(47-59-46-45-50(53(57)58)54(3,4)5)61-52(56)44-42-40-38-36-34-32-30-27-25-23-21-19-17-15-13-11-9-7-2/h19,21,23-27,30,49-50H,6-18,20,22,28-29,31-48H2,1-5H3/p+1/b21-19+,25-23+,26-24+,30-27+. The number of unbranched alkanes of at least 4 members (excludes halogenated alkanes) is 25. The van der Waals surface area contributed by atoms with Crippen molar-refractivity contribution in [1.29, 1.82) is 0 Å². The molecule has 0 aromatic rings. The number of nitrogens with zero attached hydrogens (tertiary/aromatic N) is 1. The van der Waals surface area contributed by atoms with Crippen molar-refractivity contribution in [2.75, 3.05) is 41.0 Å². The third-order valence-electron chi connectivity index (χ3n) is 11.3. The maximum Gasteiger partial charge on any atom is 0.362 e. The third kappa shape index (κ3) is 42.4. The van der Waals surface area contributed by atoms with Gasteiger partial charge in [-0.05, 0) is 64.2 Å². The molecule has 0 saturated carbocycles. The van der Waals surface area contributed by atoms with Crippen molar-refractivity contribution in [3.05, 3.63) is 48.6 Å². The number of rotatable bonds is 45. The van der Waals surface area contributed by atoms with Gasteiger partial charge >= 0.3 is 17.9 Å². The summed E-state index contributed by atoms with van der Waals surface area (Å²) in [7, 11) is 5.52. The van der Waals surface area contributed by atoms with E-state index < -0.39 is 18.1 Å². The van der Waals surface area contributed by atoms with Gasteiger partial charge in [-0.1, -0.05) is 184 Å². The largest absolute Gasteiger partial charge is 0.477 e. The lowest BCUT2D eigenvalue weighted by Gasteiger charge is -2.31. The van der Waals surface area contributed by atoms with Gasteiger partial charge in [0.05, 0.1) is 34.4 Å². The molecule has 0 aromatic heterocycles. The van der Waals surface area contributed by atoms with Crippen LogP contribution in [0.1, 0.15) is 219 Å². The molecule has 8 nitrogen and oxygen atoms in total. The second-order valence-corrected chi connectivity index (χ2v) is 18.1. The van der Waals surface area contributed by atoms with Crippen molar-refractivity contribution in [3.8, 4) is 0 Å². The summed E-state index contributed by atoms with van der Waals surface area (Å²) in [5, 5.41) is 9.65. The highest BCUT2D eigenvalue weighted by atomic mass is 16.6. The molecule has 0 saturated heterocycles. The summed E-state index contributed by atoms with van der Waals surface area (Å²) in [5.74, 6) is -1.49. The minimum absolute atomic E-state index is 0.0513. The van der Waals surface area contributed by atoms with Gasteiger partial charge in [0.2, 0.25) is 0 Å². The second-order valence-electron chi connectivity index (χ2n) is 18.1. The van der Waals surface area contributed by atoms with Crippen LogP contribution in [-0.2, 0) is 28.6 Å². The zero-order chi connectivity index (χ0) is 44.9. The van der Waals surface area contributed by atoms with Gasteiger partial charge in [-0.3, -0.25) is 9.59 Å². The molecule has 354 valence electrons. The van der Waals surface area contributed by atoms with E-state index in [1.54, 1.807) is 0 Å². The van der Waals surface area contributed by atoms with Gasteiger partial charge in [-0.2, -0.15) is 0 Å². The molecule has 0 aliphatic carbocycles. The van der Waals surface area contributed by atoms with Crippen LogP contribution in [-0.4, -0.2) is 80.6 Å². The molecule has 0 aliphatic heterocycles. The SMILES string of the molecule is CCCCCCC/C=C/C=C/C=C/CCCCCCCC(=O)OC(COCCC(C(=O)O)[N+](C)(C)C)COC(=O)CCCCCCCCC/C=C/CCCCCCCCCC. The summed E-state index contributed by atoms with van der Waals surface area (Å²) >= 11 is 0. The molecular formula is C53H96NO7+. The summed E-state index contributed by atoms with van der Waals surface area (Å²) in [6, 6.07) is -0.620. The van der Waals surface area contributed by atoms with Gasteiger partial charge in [0.1, 0.15) is 6.61 Å². The number of aliphatic carboxylic acids is 1. The average molecular weight is 859 g/mol. The van der Waals surface area contributed by atoms with Crippen molar-refractivity contribution in [1.82, 2.24) is 0 Å². The first-order chi connectivity index (χ1) is 29.6. The van der Waals surface area contributed by atoms with Gasteiger partial charge in [0.15, 0.2) is 12.1 Å². The lowest BCUT2D eigenvalue weighted by molar-refractivity contribution is -0.887. The minimum Gasteiger partial charge on any atom is -0.477 e. The molecule has 0 spiro atoms. The molecule has 61 heavy (non-hydrogen) atoms. The summed E-state index contributed by atoms with van der Waals surface area (Å²) in [4.78, 5) is 37.1. The molecule has 0 radical (unpaired) electrons. The maximum atomic E-state index is 12.8. The molecule has 8 heteroatoms. The first-order valence-corrected chi connectivity index (χ1v) is 25.2. The monoisotopic (exact) mass is 859 g/mol. The van der Waals surface area contributed by atoms with Gasteiger partial charge in [0, 0.05) is 19.3 Å². The molecule has 2 atom stereocenters. The van der Waals surface area contributed by atoms with Crippen molar-refractivity contribution >= 4 is 17.9 Å². The number of carbonyl (C=O) groups is 3. The highest BCUT2D eigenvalue weighted by Crippen LogP contribution is 2.14. The number of hydrogen-bond donors (Lipinski definition) is 1. The molecule has 0 aliphatic rings. The van der Waals surface area contributed by atoms with E-state index in [2.05, 4.69) is 62.5 Å². The Kier molecular flexibility index (Phi) is 42.0. The number of likely N-dealkylation sites (N-methyl/N-ethyl adjacent to an activating group) is 1. The number of hydrogen-bond acceptors (Lipinski definition) is 6. The molecule has 0 rings (SSSR count). The van der Waals surface area contributed by atoms with Crippen LogP contribution in [0.15, 0.2) is 48.6 Å². The lowest BCUT2D eigenvalue weighted by atomic mass is 10.1. The van der Waals surface area contributed by atoms with E-state index in [0.29, 0.717) is 19.3 Å². The second kappa shape index (κ2) is 43.9. The fourth-order valence-electron chi connectivity index (χ4n) is 7.32. The van der Waals surface area contributed by atoms with Gasteiger partial charge in [0.25, 0.3) is 0 Å². The number of ether oxygens (including phenoxy) is 3. The Morgan fingerprint density at radius 3 is 1.31 bits per heavy atom. The Bertz CT molecular complexity index is 1140. The van der Waals surface area contributed by atoms with Crippen LogP contribution in [0.4, 0.5) is 0 Å². The highest BCUT2D eigenvalue weighted by Gasteiger charge is 2.31. The number of carbonyl (C=O) groups excluding carboxylic acids is 2. The van der Waals surface area contributed by atoms with E-state index in [0.717, 1.165) is 64.2 Å². The summed E-state index contributed by atoms with van der Waals surface area (Å²) in [6.07, 6.45) is 53.0. The molecule has 0 bridgehead atoms. The smallest absolute Gasteiger partial charge is 0.362 e. The third-order valence-corrected chi connectivity index (χ3v) is 11.3. The number of esters is 2. The van der Waals surface area contributed by atoms with Gasteiger partial charge in [-0.15, -0.1) is 0 Å². The molecule has 0 amide bonds. The first-order valence-electron chi connectivity index (χ1n) is 25.2. The van der Waals surface area contributed by atoms with E-state index in [1.165, 1.54) is 122 Å². The maximum absolute atomic E-state index is 12.8. The Morgan fingerprint density at radius 1 is 0.492 bits per heavy atom. The Balaban J connectivity index is 4.31. The Morgan fingerprint density at radius 2 is 0.885 bits per heavy atom. The van der Waals surface area contributed by atoms with E-state index in [1.807, 2.05) is 21.1 Å². The Hall–Kier alpha value is -2.71. The number of carboxylic acids is 1. The van der Waals surface area contributed by atoms with Crippen LogP contribution in [0, 0.1) is 0 Å². The quantitative estimate of drug-likeness (QED) is 0.0214. The molecule has 1 N–H and O–H groups in total. The van der Waals surface area contributed by atoms with E-state index in [4.69, 9.17) is 14.2 Å². The summed E-state index contributed by atoms with van der Waals surface area (Å²) < 4.78 is 17.3. The number of quaternary nitrogens is 1. The van der Waals surface area contributed by atoms with Crippen LogP contribution >= 0.6 is 0 Å². The fourth-order valence-corrected chi connectivity index (χ4v) is 7.32. The highest BCUT2D eigenvalue weighted by molar-refractivity contribution is 5.72. The van der Waals surface area contributed by atoms with Crippen LogP contribution in [0.5, 0.6) is 0 Å². The molecule has 0 aromatic carbocycles. The molecule has 0 fully saturated rings. The summed E-state index contributed by atoms with van der Waals surface area (Å²) in [5.41, 5.74) is 0. The average Bonchev–Trinajstić information content (AvgIpc) is 3.22. The van der Waals surface area contributed by atoms with Crippen molar-refractivity contribution in [3.63, 3.8) is 0 Å². The van der Waals surface area contributed by atoms with Crippen LogP contribution in [0.2, 0.25) is 0 Å². The van der Waals surface area contributed by atoms with E-state index in [9.17, 15) is 19.5 Å². The van der Waals surface area contributed by atoms with Crippen LogP contribution in [0.25, 0.3) is 0 Å². The number of carboxylic acid groups (broad SMARTS) is 1. The van der Waals surface area contributed by atoms with E-state index in [-0.39, 0.29) is 36.2 Å². The predicted octanol–water partition coefficient (Wildman–Crippen LogP) is 14.4. The van der Waals surface area contributed by atoms with Crippen LogP contribution in [0.3, 0.4) is 0 Å². The minimum atomic E-state index is -0.879. The fraction of sp³-hybridized carbons (Fsp3) is 0.792. The normalized spacial score (nSPS) is 13.3. The van der Waals surface area contributed by atoms with Crippen molar-refractivity contribution in [2.45, 2.75) is 231 Å². The van der Waals surface area contributed by atoms with Gasteiger partial charge < -0.3 is 23.8 Å². The van der Waals surface area contributed by atoms with Crippen molar-refractivity contribution in [2.24, 2.45) is 0 Å². The lowest BCUT2D eigenvalue weighted by Crippen LogP contribution is -2.50. The zero-order valence-electron chi connectivity index (χ0n) is 40.4. The first kappa shape index (κ1) is 58.3. The van der Waals surface area contributed by atoms with Crippen LogP contribution < -0.4 is 0 Å². The zero-order valence-corrected chi connectivity index (χ0v) is 40.4.